The summed E-state index contributed by atoms with van der Waals surface area (Å²) in [5, 5.41) is 0. The van der Waals surface area contributed by atoms with E-state index in [1.54, 1.807) is 6.08 Å². The Morgan fingerprint density at radius 2 is 2.00 bits per heavy atom. The van der Waals surface area contributed by atoms with E-state index in [4.69, 9.17) is 11.5 Å². The highest BCUT2D eigenvalue weighted by Gasteiger charge is 2.04. The van der Waals surface area contributed by atoms with Crippen molar-refractivity contribution in [1.82, 2.24) is 9.97 Å². The summed E-state index contributed by atoms with van der Waals surface area (Å²) in [6, 6.07) is 0. The highest BCUT2D eigenvalue weighted by molar-refractivity contribution is 5.70. The van der Waals surface area contributed by atoms with E-state index in [-0.39, 0.29) is 5.95 Å². The molecule has 4 nitrogen and oxygen atoms in total. The molecule has 4 heteroatoms. The lowest BCUT2D eigenvalue weighted by Crippen LogP contribution is -2.04. The SMILES string of the molecule is C=Cc1c(N)nc(N)nc1/C=C\C. The van der Waals surface area contributed by atoms with Crippen LogP contribution in [-0.2, 0) is 0 Å². The van der Waals surface area contributed by atoms with Crippen LogP contribution >= 0.6 is 0 Å². The molecule has 0 amide bonds. The van der Waals surface area contributed by atoms with Gasteiger partial charge in [-0.05, 0) is 13.0 Å². The first-order chi connectivity index (χ1) is 6.19. The van der Waals surface area contributed by atoms with Gasteiger partial charge >= 0.3 is 0 Å². The monoisotopic (exact) mass is 176 g/mol. The molecule has 0 bridgehead atoms. The molecule has 0 aliphatic carbocycles. The summed E-state index contributed by atoms with van der Waals surface area (Å²) in [5.41, 5.74) is 12.5. The third-order valence-corrected chi connectivity index (χ3v) is 1.55. The summed E-state index contributed by atoms with van der Waals surface area (Å²) in [7, 11) is 0. The van der Waals surface area contributed by atoms with Crippen molar-refractivity contribution in [2.45, 2.75) is 6.92 Å². The van der Waals surface area contributed by atoms with Crippen LogP contribution in [0.2, 0.25) is 0 Å². The minimum absolute atomic E-state index is 0.177. The first-order valence-corrected chi connectivity index (χ1v) is 3.87. The van der Waals surface area contributed by atoms with Crippen molar-refractivity contribution in [2.75, 3.05) is 11.5 Å². The maximum Gasteiger partial charge on any atom is 0.222 e. The Bertz CT molecular complexity index is 355. The molecule has 68 valence electrons. The number of anilines is 2. The maximum absolute atomic E-state index is 5.63. The van der Waals surface area contributed by atoms with Crippen molar-refractivity contribution in [2.24, 2.45) is 0 Å². The predicted octanol–water partition coefficient (Wildman–Crippen LogP) is 1.32. The zero-order valence-electron chi connectivity index (χ0n) is 7.49. The largest absolute Gasteiger partial charge is 0.383 e. The molecule has 0 saturated heterocycles. The fraction of sp³-hybridized carbons (Fsp3) is 0.111. The number of aromatic nitrogens is 2. The quantitative estimate of drug-likeness (QED) is 0.712. The van der Waals surface area contributed by atoms with Crippen molar-refractivity contribution in [3.63, 3.8) is 0 Å². The van der Waals surface area contributed by atoms with Gasteiger partial charge in [0.1, 0.15) is 5.82 Å². The van der Waals surface area contributed by atoms with Crippen LogP contribution in [0.3, 0.4) is 0 Å². The molecule has 1 rings (SSSR count). The lowest BCUT2D eigenvalue weighted by molar-refractivity contribution is 1.17. The summed E-state index contributed by atoms with van der Waals surface area (Å²) in [6.45, 7) is 5.52. The van der Waals surface area contributed by atoms with Gasteiger partial charge < -0.3 is 11.5 Å². The van der Waals surface area contributed by atoms with Crippen LogP contribution < -0.4 is 11.5 Å². The third-order valence-electron chi connectivity index (χ3n) is 1.55. The van der Waals surface area contributed by atoms with Crippen molar-refractivity contribution >= 4 is 23.9 Å². The van der Waals surface area contributed by atoms with Crippen LogP contribution in [0.5, 0.6) is 0 Å². The Kier molecular flexibility index (Phi) is 2.64. The molecule has 4 N–H and O–H groups in total. The van der Waals surface area contributed by atoms with E-state index < -0.39 is 0 Å². The van der Waals surface area contributed by atoms with Gasteiger partial charge in [-0.15, -0.1) is 0 Å². The highest BCUT2D eigenvalue weighted by Crippen LogP contribution is 2.16. The number of rotatable bonds is 2. The second-order valence-electron chi connectivity index (χ2n) is 2.47. The van der Waals surface area contributed by atoms with Gasteiger partial charge in [0.2, 0.25) is 5.95 Å². The zero-order valence-corrected chi connectivity index (χ0v) is 7.49. The molecule has 0 radical (unpaired) electrons. The van der Waals surface area contributed by atoms with Crippen LogP contribution in [0, 0.1) is 0 Å². The third kappa shape index (κ3) is 1.84. The van der Waals surface area contributed by atoms with E-state index >= 15 is 0 Å². The molecule has 1 heterocycles. The van der Waals surface area contributed by atoms with Gasteiger partial charge in [-0.1, -0.05) is 18.7 Å². The molecule has 0 saturated carbocycles. The lowest BCUT2D eigenvalue weighted by atomic mass is 10.2. The molecule has 13 heavy (non-hydrogen) atoms. The lowest BCUT2D eigenvalue weighted by Gasteiger charge is -2.04. The molecule has 0 aliphatic rings. The number of nitrogen functional groups attached to an aromatic ring is 2. The van der Waals surface area contributed by atoms with E-state index in [9.17, 15) is 0 Å². The second-order valence-corrected chi connectivity index (χ2v) is 2.47. The molecule has 0 fully saturated rings. The van der Waals surface area contributed by atoms with Crippen LogP contribution in [0.15, 0.2) is 12.7 Å². The van der Waals surface area contributed by atoms with Crippen molar-refractivity contribution in [3.05, 3.63) is 23.9 Å². The van der Waals surface area contributed by atoms with Gasteiger partial charge in [-0.3, -0.25) is 0 Å². The van der Waals surface area contributed by atoms with E-state index in [2.05, 4.69) is 16.5 Å². The van der Waals surface area contributed by atoms with Crippen molar-refractivity contribution < 1.29 is 0 Å². The van der Waals surface area contributed by atoms with Gasteiger partial charge in [0.15, 0.2) is 0 Å². The van der Waals surface area contributed by atoms with Crippen LogP contribution in [0.4, 0.5) is 11.8 Å². The normalized spacial score (nSPS) is 10.5. The smallest absolute Gasteiger partial charge is 0.222 e. The molecule has 0 aliphatic heterocycles. The Morgan fingerprint density at radius 1 is 1.31 bits per heavy atom. The number of hydrogen-bond acceptors (Lipinski definition) is 4. The molecule has 0 spiro atoms. The van der Waals surface area contributed by atoms with E-state index in [0.29, 0.717) is 17.1 Å². The summed E-state index contributed by atoms with van der Waals surface area (Å²) in [5.74, 6) is 0.534. The van der Waals surface area contributed by atoms with E-state index in [1.165, 1.54) is 0 Å². The molecule has 1 aromatic rings. The molecular formula is C9H12N4. The first kappa shape index (κ1) is 9.25. The average Bonchev–Trinajstić information content (AvgIpc) is 2.04. The van der Waals surface area contributed by atoms with E-state index in [0.717, 1.165) is 0 Å². The molecule has 0 atom stereocenters. The number of hydrogen-bond donors (Lipinski definition) is 2. The fourth-order valence-corrected chi connectivity index (χ4v) is 1.02. The van der Waals surface area contributed by atoms with Gasteiger partial charge in [-0.25, -0.2) is 4.98 Å². The minimum atomic E-state index is 0.177. The topological polar surface area (TPSA) is 77.8 Å². The number of allylic oxidation sites excluding steroid dienone is 1. The fourth-order valence-electron chi connectivity index (χ4n) is 1.02. The Labute approximate surface area is 77.0 Å². The zero-order chi connectivity index (χ0) is 9.84. The summed E-state index contributed by atoms with van der Waals surface area (Å²) in [6.07, 6.45) is 5.28. The standard InChI is InChI=1S/C9H12N4/c1-3-5-7-6(4-2)8(10)13-9(11)12-7/h3-5H,2H2,1H3,(H4,10,11,12,13)/b5-3-. The molecular weight excluding hydrogens is 164 g/mol. The maximum atomic E-state index is 5.63. The number of nitrogens with zero attached hydrogens (tertiary/aromatic N) is 2. The van der Waals surface area contributed by atoms with Crippen molar-refractivity contribution in [1.29, 1.82) is 0 Å². The van der Waals surface area contributed by atoms with Crippen LogP contribution in [0.25, 0.3) is 12.2 Å². The minimum Gasteiger partial charge on any atom is -0.383 e. The Hall–Kier alpha value is -1.84. The Balaban J connectivity index is 3.37. The van der Waals surface area contributed by atoms with Crippen LogP contribution in [0.1, 0.15) is 18.2 Å². The second kappa shape index (κ2) is 3.71. The average molecular weight is 176 g/mol. The Morgan fingerprint density at radius 3 is 2.54 bits per heavy atom. The highest BCUT2D eigenvalue weighted by atomic mass is 15.0. The summed E-state index contributed by atoms with van der Waals surface area (Å²) < 4.78 is 0. The van der Waals surface area contributed by atoms with Crippen LogP contribution in [-0.4, -0.2) is 9.97 Å². The summed E-state index contributed by atoms with van der Waals surface area (Å²) in [4.78, 5) is 7.85. The first-order valence-electron chi connectivity index (χ1n) is 3.87. The van der Waals surface area contributed by atoms with Gasteiger partial charge in [0, 0.05) is 5.56 Å². The van der Waals surface area contributed by atoms with Gasteiger partial charge in [0.25, 0.3) is 0 Å². The molecule has 0 aromatic carbocycles. The van der Waals surface area contributed by atoms with Gasteiger partial charge in [0.05, 0.1) is 5.69 Å². The number of nitrogens with two attached hydrogens (primary N) is 2. The molecule has 1 aromatic heterocycles. The van der Waals surface area contributed by atoms with E-state index in [1.807, 2.05) is 19.1 Å². The van der Waals surface area contributed by atoms with Crippen molar-refractivity contribution in [3.8, 4) is 0 Å². The molecule has 0 unspecified atom stereocenters. The predicted molar refractivity (Wildman–Crippen MR) is 55.7 cm³/mol. The summed E-state index contributed by atoms with van der Waals surface area (Å²) >= 11 is 0. The van der Waals surface area contributed by atoms with Gasteiger partial charge in [-0.2, -0.15) is 4.98 Å².